The number of nitrogens with one attached hydrogen (secondary N) is 2. The van der Waals surface area contributed by atoms with E-state index in [1.165, 1.54) is 38.5 Å². The van der Waals surface area contributed by atoms with Gasteiger partial charge in [-0.05, 0) is 48.5 Å². The van der Waals surface area contributed by atoms with Gasteiger partial charge in [0, 0.05) is 13.7 Å². The van der Waals surface area contributed by atoms with E-state index in [9.17, 15) is 18.0 Å². The Bertz CT molecular complexity index is 1250. The normalized spacial score (nSPS) is 10.9. The maximum absolute atomic E-state index is 13.5. The monoisotopic (exact) mass is 497 g/mol. The van der Waals surface area contributed by atoms with Crippen LogP contribution < -0.4 is 19.7 Å². The van der Waals surface area contributed by atoms with Crippen LogP contribution in [0.25, 0.3) is 0 Å². The highest BCUT2D eigenvalue weighted by Crippen LogP contribution is 2.25. The number of amides is 2. The highest BCUT2D eigenvalue weighted by atomic mass is 32.2. The molecule has 184 valence electrons. The number of nitrogens with zero attached hydrogens (tertiary/aromatic N) is 1. The largest absolute Gasteiger partial charge is 0.497 e. The molecular formula is C25H27N3O6S. The van der Waals surface area contributed by atoms with Crippen molar-refractivity contribution in [3.63, 3.8) is 0 Å². The van der Waals surface area contributed by atoms with Crippen LogP contribution in [0.1, 0.15) is 10.4 Å². The quantitative estimate of drug-likeness (QED) is 0.394. The number of hydrogen-bond acceptors (Lipinski definition) is 6. The van der Waals surface area contributed by atoms with E-state index in [0.717, 1.165) is 4.31 Å². The maximum atomic E-state index is 13.5. The summed E-state index contributed by atoms with van der Waals surface area (Å²) < 4.78 is 38.0. The fourth-order valence-corrected chi connectivity index (χ4v) is 4.68. The summed E-state index contributed by atoms with van der Waals surface area (Å²) in [6, 6.07) is 20.7. The third kappa shape index (κ3) is 6.58. The summed E-state index contributed by atoms with van der Waals surface area (Å²) in [6.07, 6.45) is 0. The first kappa shape index (κ1) is 25.7. The van der Waals surface area contributed by atoms with E-state index in [-0.39, 0.29) is 22.1 Å². The molecule has 3 aromatic rings. The van der Waals surface area contributed by atoms with Crippen molar-refractivity contribution in [2.24, 2.45) is 0 Å². The molecule has 0 atom stereocenters. The predicted molar refractivity (Wildman–Crippen MR) is 133 cm³/mol. The van der Waals surface area contributed by atoms with Crippen LogP contribution in [0.3, 0.4) is 0 Å². The molecule has 0 aliphatic heterocycles. The lowest BCUT2D eigenvalue weighted by atomic mass is 10.1. The van der Waals surface area contributed by atoms with Gasteiger partial charge < -0.3 is 20.1 Å². The minimum absolute atomic E-state index is 0.00729. The van der Waals surface area contributed by atoms with Gasteiger partial charge in [0.25, 0.3) is 15.9 Å². The Hall–Kier alpha value is -3.89. The van der Waals surface area contributed by atoms with E-state index < -0.39 is 22.5 Å². The van der Waals surface area contributed by atoms with Gasteiger partial charge in [0.2, 0.25) is 5.91 Å². The van der Waals surface area contributed by atoms with E-state index in [1.807, 2.05) is 0 Å². The van der Waals surface area contributed by atoms with E-state index in [1.54, 1.807) is 54.6 Å². The molecular weight excluding hydrogens is 470 g/mol. The number of rotatable bonds is 11. The summed E-state index contributed by atoms with van der Waals surface area (Å²) in [7, 11) is -1.07. The molecule has 0 unspecified atom stereocenters. The van der Waals surface area contributed by atoms with Crippen LogP contribution in [-0.4, -0.2) is 54.1 Å². The van der Waals surface area contributed by atoms with E-state index in [0.29, 0.717) is 24.6 Å². The minimum atomic E-state index is -4.08. The first-order valence-corrected chi connectivity index (χ1v) is 12.2. The van der Waals surface area contributed by atoms with Crippen LogP contribution >= 0.6 is 0 Å². The second-order valence-corrected chi connectivity index (χ2v) is 9.23. The van der Waals surface area contributed by atoms with Gasteiger partial charge in [0.15, 0.2) is 0 Å². The number of methoxy groups -OCH3 is 2. The molecule has 0 aliphatic rings. The molecule has 0 fully saturated rings. The second-order valence-electron chi connectivity index (χ2n) is 7.37. The molecule has 3 aromatic carbocycles. The summed E-state index contributed by atoms with van der Waals surface area (Å²) in [5.41, 5.74) is 0.840. The Labute approximate surface area is 204 Å². The van der Waals surface area contributed by atoms with Crippen molar-refractivity contribution in [3.8, 4) is 5.75 Å². The lowest BCUT2D eigenvalue weighted by Crippen LogP contribution is -2.38. The van der Waals surface area contributed by atoms with Gasteiger partial charge in [0.1, 0.15) is 12.3 Å². The molecule has 0 aromatic heterocycles. The standard InChI is InChI=1S/C25H27N3O6S/c1-33-17-16-26-25(30)22-10-6-7-11-23(22)27-24(29)18-28(19-8-4-3-5-9-19)35(31,32)21-14-12-20(34-2)13-15-21/h3-15H,16-18H2,1-2H3,(H,26,30)(H,27,29). The highest BCUT2D eigenvalue weighted by molar-refractivity contribution is 7.92. The number of carbonyl (C=O) groups is 2. The van der Waals surface area contributed by atoms with Crippen LogP contribution in [0.15, 0.2) is 83.8 Å². The molecule has 0 bridgehead atoms. The van der Waals surface area contributed by atoms with E-state index in [4.69, 9.17) is 9.47 Å². The van der Waals surface area contributed by atoms with Crippen LogP contribution in [0.5, 0.6) is 5.75 Å². The molecule has 9 nitrogen and oxygen atoms in total. The third-order valence-corrected chi connectivity index (χ3v) is 6.80. The van der Waals surface area contributed by atoms with Gasteiger partial charge in [-0.25, -0.2) is 8.42 Å². The van der Waals surface area contributed by atoms with Crippen molar-refractivity contribution in [1.82, 2.24) is 5.32 Å². The Balaban J connectivity index is 1.86. The molecule has 2 N–H and O–H groups in total. The number of hydrogen-bond donors (Lipinski definition) is 2. The van der Waals surface area contributed by atoms with Crippen LogP contribution in [-0.2, 0) is 19.6 Å². The topological polar surface area (TPSA) is 114 Å². The van der Waals surface area contributed by atoms with E-state index in [2.05, 4.69) is 10.6 Å². The fourth-order valence-electron chi connectivity index (χ4n) is 3.26. The van der Waals surface area contributed by atoms with Gasteiger partial charge >= 0.3 is 0 Å². The lowest BCUT2D eigenvalue weighted by molar-refractivity contribution is -0.114. The first-order valence-electron chi connectivity index (χ1n) is 10.7. The summed E-state index contributed by atoms with van der Waals surface area (Å²) in [5.74, 6) is -0.486. The van der Waals surface area contributed by atoms with Crippen LogP contribution in [0.4, 0.5) is 11.4 Å². The molecule has 3 rings (SSSR count). The molecule has 2 amide bonds. The van der Waals surface area contributed by atoms with Crippen molar-refractivity contribution >= 4 is 33.2 Å². The minimum Gasteiger partial charge on any atom is -0.497 e. The van der Waals surface area contributed by atoms with Crippen LogP contribution in [0, 0.1) is 0 Å². The molecule has 0 saturated heterocycles. The van der Waals surface area contributed by atoms with Gasteiger partial charge in [0.05, 0.1) is 35.6 Å². The summed E-state index contributed by atoms with van der Waals surface area (Å²) in [4.78, 5) is 25.6. The van der Waals surface area contributed by atoms with E-state index >= 15 is 0 Å². The smallest absolute Gasteiger partial charge is 0.264 e. The van der Waals surface area contributed by atoms with Gasteiger partial charge in [-0.3, -0.25) is 13.9 Å². The molecule has 10 heteroatoms. The average molecular weight is 498 g/mol. The summed E-state index contributed by atoms with van der Waals surface area (Å²) in [5, 5.41) is 5.37. The number of para-hydroxylation sites is 2. The zero-order valence-corrected chi connectivity index (χ0v) is 20.2. The summed E-state index contributed by atoms with van der Waals surface area (Å²) >= 11 is 0. The molecule has 0 saturated carbocycles. The zero-order chi connectivity index (χ0) is 25.3. The predicted octanol–water partition coefficient (Wildman–Crippen LogP) is 2.91. The highest BCUT2D eigenvalue weighted by Gasteiger charge is 2.27. The Morgan fingerprint density at radius 1 is 0.886 bits per heavy atom. The Kier molecular flexibility index (Phi) is 8.82. The SMILES string of the molecule is COCCNC(=O)c1ccccc1NC(=O)CN(c1ccccc1)S(=O)(=O)c1ccc(OC)cc1. The van der Waals surface area contributed by atoms with Gasteiger partial charge in [-0.2, -0.15) is 0 Å². The maximum Gasteiger partial charge on any atom is 0.264 e. The van der Waals surface area contributed by atoms with Crippen molar-refractivity contribution in [3.05, 3.63) is 84.4 Å². The number of carbonyl (C=O) groups excluding carboxylic acids is 2. The number of benzene rings is 3. The number of ether oxygens (including phenoxy) is 2. The second kappa shape index (κ2) is 12.0. The first-order chi connectivity index (χ1) is 16.9. The van der Waals surface area contributed by atoms with Crippen molar-refractivity contribution in [2.45, 2.75) is 4.90 Å². The molecule has 0 radical (unpaired) electrons. The summed E-state index contributed by atoms with van der Waals surface area (Å²) in [6.45, 7) is 0.146. The fraction of sp³-hybridized carbons (Fsp3) is 0.200. The molecule has 0 heterocycles. The number of anilines is 2. The van der Waals surface area contributed by atoms with Crippen molar-refractivity contribution in [2.75, 3.05) is 43.5 Å². The lowest BCUT2D eigenvalue weighted by Gasteiger charge is -2.24. The van der Waals surface area contributed by atoms with Gasteiger partial charge in [-0.1, -0.05) is 30.3 Å². The Morgan fingerprint density at radius 3 is 2.20 bits per heavy atom. The van der Waals surface area contributed by atoms with Gasteiger partial charge in [-0.15, -0.1) is 0 Å². The van der Waals surface area contributed by atoms with Crippen LogP contribution in [0.2, 0.25) is 0 Å². The molecule has 0 spiro atoms. The Morgan fingerprint density at radius 2 is 1.54 bits per heavy atom. The number of sulfonamides is 1. The van der Waals surface area contributed by atoms with Crippen molar-refractivity contribution in [1.29, 1.82) is 0 Å². The third-order valence-electron chi connectivity index (χ3n) is 5.02. The average Bonchev–Trinajstić information content (AvgIpc) is 2.88. The molecule has 0 aliphatic carbocycles. The molecule has 35 heavy (non-hydrogen) atoms. The zero-order valence-electron chi connectivity index (χ0n) is 19.4. The van der Waals surface area contributed by atoms with Crippen molar-refractivity contribution < 1.29 is 27.5 Å².